The van der Waals surface area contributed by atoms with Crippen LogP contribution in [0.15, 0.2) is 12.2 Å². The molecule has 0 fully saturated rings. The van der Waals surface area contributed by atoms with E-state index >= 15 is 0 Å². The average Bonchev–Trinajstić information content (AvgIpc) is 2.57. The Hall–Kier alpha value is -0.300. The molecule has 0 saturated carbocycles. The van der Waals surface area contributed by atoms with E-state index in [9.17, 15) is 0 Å². The van der Waals surface area contributed by atoms with Gasteiger partial charge in [0.25, 0.3) is 0 Å². The third kappa shape index (κ3) is 4.83. The quantitative estimate of drug-likeness (QED) is 0.414. The van der Waals surface area contributed by atoms with Crippen molar-refractivity contribution < 1.29 is 4.74 Å². The molecule has 0 bridgehead atoms. The van der Waals surface area contributed by atoms with Crippen molar-refractivity contribution in [2.75, 3.05) is 0 Å². The van der Waals surface area contributed by atoms with Gasteiger partial charge in [-0.3, -0.25) is 0 Å². The minimum Gasteiger partial charge on any atom is -0.361 e. The lowest BCUT2D eigenvalue weighted by Crippen LogP contribution is -2.32. The fraction of sp³-hybridized carbons (Fsp3) is 0.875. The van der Waals surface area contributed by atoms with Crippen molar-refractivity contribution in [2.24, 2.45) is 0 Å². The third-order valence-electron chi connectivity index (χ3n) is 3.81. The van der Waals surface area contributed by atoms with Crippen LogP contribution in [0.2, 0.25) is 0 Å². The lowest BCUT2D eigenvalue weighted by molar-refractivity contribution is -0.0784. The first-order valence-corrected chi connectivity index (χ1v) is 7.44. The van der Waals surface area contributed by atoms with Crippen LogP contribution in [0.25, 0.3) is 0 Å². The molecular formula is C16H30O. The van der Waals surface area contributed by atoms with E-state index in [1.54, 1.807) is 0 Å². The standard InChI is InChI=1S/C16H30O/c1-5-7-9-11-15(3)13-14-16(4,17-15)12-10-8-6-2/h13-14H,5-12H2,1-4H3. The summed E-state index contributed by atoms with van der Waals surface area (Å²) < 4.78 is 6.32. The fourth-order valence-corrected chi connectivity index (χ4v) is 2.67. The van der Waals surface area contributed by atoms with Crippen molar-refractivity contribution in [2.45, 2.75) is 90.3 Å². The second-order valence-corrected chi connectivity index (χ2v) is 5.97. The van der Waals surface area contributed by atoms with Crippen molar-refractivity contribution in [3.05, 3.63) is 12.2 Å². The first-order chi connectivity index (χ1) is 8.04. The summed E-state index contributed by atoms with van der Waals surface area (Å²) in [7, 11) is 0. The fourth-order valence-electron chi connectivity index (χ4n) is 2.67. The summed E-state index contributed by atoms with van der Waals surface area (Å²) >= 11 is 0. The molecule has 1 heterocycles. The van der Waals surface area contributed by atoms with E-state index < -0.39 is 0 Å². The van der Waals surface area contributed by atoms with E-state index in [4.69, 9.17) is 4.74 Å². The summed E-state index contributed by atoms with van der Waals surface area (Å²) in [6.45, 7) is 8.99. The number of unbranched alkanes of at least 4 members (excludes halogenated alkanes) is 4. The Morgan fingerprint density at radius 1 is 0.765 bits per heavy atom. The number of hydrogen-bond acceptors (Lipinski definition) is 1. The van der Waals surface area contributed by atoms with Gasteiger partial charge in [0.1, 0.15) is 0 Å². The predicted molar refractivity (Wildman–Crippen MR) is 75.3 cm³/mol. The molecule has 0 aliphatic carbocycles. The molecule has 17 heavy (non-hydrogen) atoms. The predicted octanol–water partition coefficient (Wildman–Crippen LogP) is 5.25. The molecule has 1 heteroatoms. The summed E-state index contributed by atoms with van der Waals surface area (Å²) in [6.07, 6.45) is 14.7. The first-order valence-electron chi connectivity index (χ1n) is 7.44. The monoisotopic (exact) mass is 238 g/mol. The summed E-state index contributed by atoms with van der Waals surface area (Å²) in [5.41, 5.74) is -0.00767. The van der Waals surface area contributed by atoms with Gasteiger partial charge in [-0.05, 0) is 26.7 Å². The van der Waals surface area contributed by atoms with Gasteiger partial charge in [0.05, 0.1) is 11.2 Å². The minimum absolute atomic E-state index is 0.00383. The van der Waals surface area contributed by atoms with Gasteiger partial charge in [0, 0.05) is 0 Å². The zero-order chi connectivity index (χ0) is 12.8. The maximum Gasteiger partial charge on any atom is 0.0847 e. The Labute approximate surface area is 108 Å². The molecule has 1 nitrogen and oxygen atoms in total. The molecule has 1 aliphatic heterocycles. The molecular weight excluding hydrogens is 208 g/mol. The average molecular weight is 238 g/mol. The summed E-state index contributed by atoms with van der Waals surface area (Å²) in [5.74, 6) is 0. The van der Waals surface area contributed by atoms with Crippen molar-refractivity contribution in [3.8, 4) is 0 Å². The van der Waals surface area contributed by atoms with Crippen molar-refractivity contribution >= 4 is 0 Å². The summed E-state index contributed by atoms with van der Waals surface area (Å²) in [6, 6.07) is 0. The largest absolute Gasteiger partial charge is 0.361 e. The highest BCUT2D eigenvalue weighted by Gasteiger charge is 2.37. The van der Waals surface area contributed by atoms with Crippen LogP contribution in [0.5, 0.6) is 0 Å². The Kier molecular flexibility index (Phi) is 5.72. The molecule has 0 aromatic rings. The molecule has 1 aliphatic rings. The van der Waals surface area contributed by atoms with Crippen LogP contribution >= 0.6 is 0 Å². The zero-order valence-electron chi connectivity index (χ0n) is 12.2. The van der Waals surface area contributed by atoms with Gasteiger partial charge in [0.2, 0.25) is 0 Å². The summed E-state index contributed by atoms with van der Waals surface area (Å²) in [5, 5.41) is 0. The van der Waals surface area contributed by atoms with Crippen molar-refractivity contribution in [3.63, 3.8) is 0 Å². The van der Waals surface area contributed by atoms with E-state index in [1.807, 2.05) is 0 Å². The van der Waals surface area contributed by atoms with Crippen LogP contribution < -0.4 is 0 Å². The first kappa shape index (κ1) is 14.8. The molecule has 0 aromatic carbocycles. The SMILES string of the molecule is CCCCCC1(C)C=CC(C)(CCCCC)O1. The molecule has 0 aromatic heterocycles. The molecule has 0 radical (unpaired) electrons. The van der Waals surface area contributed by atoms with Crippen LogP contribution in [0.1, 0.15) is 79.1 Å². The third-order valence-corrected chi connectivity index (χ3v) is 3.81. The number of hydrogen-bond donors (Lipinski definition) is 0. The Balaban J connectivity index is 2.36. The molecule has 100 valence electrons. The minimum atomic E-state index is -0.00383. The van der Waals surface area contributed by atoms with Gasteiger partial charge in [-0.15, -0.1) is 0 Å². The van der Waals surface area contributed by atoms with Crippen LogP contribution in [0, 0.1) is 0 Å². The van der Waals surface area contributed by atoms with Gasteiger partial charge in [0.15, 0.2) is 0 Å². The molecule has 0 saturated heterocycles. The molecule has 1 rings (SSSR count). The van der Waals surface area contributed by atoms with Gasteiger partial charge in [-0.2, -0.15) is 0 Å². The molecule has 2 unspecified atom stereocenters. The lowest BCUT2D eigenvalue weighted by Gasteiger charge is -2.31. The van der Waals surface area contributed by atoms with E-state index in [1.165, 1.54) is 51.4 Å². The number of rotatable bonds is 8. The highest BCUT2D eigenvalue weighted by atomic mass is 16.5. The number of ether oxygens (including phenoxy) is 1. The highest BCUT2D eigenvalue weighted by molar-refractivity contribution is 5.15. The van der Waals surface area contributed by atoms with Gasteiger partial charge >= 0.3 is 0 Å². The van der Waals surface area contributed by atoms with Crippen LogP contribution in [-0.2, 0) is 4.74 Å². The molecule has 2 atom stereocenters. The second kappa shape index (κ2) is 6.58. The van der Waals surface area contributed by atoms with E-state index in [-0.39, 0.29) is 11.2 Å². The Morgan fingerprint density at radius 2 is 1.18 bits per heavy atom. The van der Waals surface area contributed by atoms with E-state index in [0.717, 1.165) is 0 Å². The van der Waals surface area contributed by atoms with Gasteiger partial charge < -0.3 is 4.74 Å². The topological polar surface area (TPSA) is 9.23 Å². The summed E-state index contributed by atoms with van der Waals surface area (Å²) in [4.78, 5) is 0. The molecule has 0 N–H and O–H groups in total. The second-order valence-electron chi connectivity index (χ2n) is 5.97. The zero-order valence-corrected chi connectivity index (χ0v) is 12.2. The maximum atomic E-state index is 6.32. The van der Waals surface area contributed by atoms with Crippen molar-refractivity contribution in [1.29, 1.82) is 0 Å². The maximum absolute atomic E-state index is 6.32. The Morgan fingerprint density at radius 3 is 1.53 bits per heavy atom. The van der Waals surface area contributed by atoms with E-state index in [0.29, 0.717) is 0 Å². The smallest absolute Gasteiger partial charge is 0.0847 e. The van der Waals surface area contributed by atoms with Gasteiger partial charge in [-0.25, -0.2) is 0 Å². The normalized spacial score (nSPS) is 32.2. The highest BCUT2D eigenvalue weighted by Crippen LogP contribution is 2.37. The molecule has 0 spiro atoms. The van der Waals surface area contributed by atoms with Crippen molar-refractivity contribution in [1.82, 2.24) is 0 Å². The van der Waals surface area contributed by atoms with E-state index in [2.05, 4.69) is 39.8 Å². The van der Waals surface area contributed by atoms with Gasteiger partial charge in [-0.1, -0.05) is 64.5 Å². The molecule has 0 amide bonds. The van der Waals surface area contributed by atoms with Crippen LogP contribution in [-0.4, -0.2) is 11.2 Å². The lowest BCUT2D eigenvalue weighted by atomic mass is 9.98. The van der Waals surface area contributed by atoms with Crippen LogP contribution in [0.3, 0.4) is 0 Å². The Bertz CT molecular complexity index is 222. The van der Waals surface area contributed by atoms with Crippen LogP contribution in [0.4, 0.5) is 0 Å².